The number of nitrogens with one attached hydrogen (secondary N) is 1. The normalized spacial score (nSPS) is 17.6. The topological polar surface area (TPSA) is 62.3 Å². The van der Waals surface area contributed by atoms with Crippen LogP contribution in [-0.2, 0) is 4.79 Å². The molecule has 3 rings (SSSR count). The molecule has 126 valence electrons. The number of aryl methyl sites for hydroxylation is 1. The van der Waals surface area contributed by atoms with Gasteiger partial charge in [-0.05, 0) is 59.5 Å². The zero-order valence-corrected chi connectivity index (χ0v) is 15.7. The number of likely N-dealkylation sites (tertiary alicyclic amines) is 1. The number of nitrogens with zero attached hydrogens (tertiary/aromatic N) is 2. The zero-order valence-electron chi connectivity index (χ0n) is 13.3. The summed E-state index contributed by atoms with van der Waals surface area (Å²) in [5.74, 6) is 0.319. The van der Waals surface area contributed by atoms with Crippen molar-refractivity contribution in [2.75, 3.05) is 18.4 Å². The van der Waals surface area contributed by atoms with E-state index in [-0.39, 0.29) is 17.7 Å². The Labute approximate surface area is 153 Å². The lowest BCUT2D eigenvalue weighted by molar-refractivity contribution is -0.121. The van der Waals surface area contributed by atoms with E-state index in [4.69, 9.17) is 0 Å². The summed E-state index contributed by atoms with van der Waals surface area (Å²) in [4.78, 5) is 31.8. The van der Waals surface area contributed by atoms with Crippen molar-refractivity contribution in [3.8, 4) is 0 Å². The molecule has 1 aliphatic rings. The van der Waals surface area contributed by atoms with Crippen molar-refractivity contribution >= 4 is 44.9 Å². The largest absolute Gasteiger partial charge is 0.337 e. The molecule has 1 N–H and O–H groups in total. The number of rotatable bonds is 3. The van der Waals surface area contributed by atoms with Gasteiger partial charge in [0.1, 0.15) is 5.82 Å². The minimum atomic E-state index is -0.201. The summed E-state index contributed by atoms with van der Waals surface area (Å²) in [7, 11) is 0. The molecule has 1 saturated heterocycles. The molecule has 0 spiro atoms. The summed E-state index contributed by atoms with van der Waals surface area (Å²) in [5, 5.41) is 2.89. The quantitative estimate of drug-likeness (QED) is 0.843. The van der Waals surface area contributed by atoms with Crippen molar-refractivity contribution in [1.29, 1.82) is 0 Å². The van der Waals surface area contributed by atoms with Gasteiger partial charge in [0.25, 0.3) is 5.91 Å². The summed E-state index contributed by atoms with van der Waals surface area (Å²) in [5.41, 5.74) is 0.929. The molecule has 2 aromatic heterocycles. The fourth-order valence-corrected chi connectivity index (χ4v) is 4.15. The Bertz CT molecular complexity index is 762. The molecule has 5 nitrogen and oxygen atoms in total. The van der Waals surface area contributed by atoms with E-state index in [9.17, 15) is 9.59 Å². The SMILES string of the molecule is Cc1cccnc1NC(=O)C1CCCN(C(=O)c2ccc(Br)s2)C1. The van der Waals surface area contributed by atoms with Gasteiger partial charge in [-0.3, -0.25) is 9.59 Å². The molecular formula is C17H18BrN3O2S. The molecule has 24 heavy (non-hydrogen) atoms. The number of hydrogen-bond donors (Lipinski definition) is 1. The van der Waals surface area contributed by atoms with Crippen molar-refractivity contribution < 1.29 is 9.59 Å². The smallest absolute Gasteiger partial charge is 0.263 e. The van der Waals surface area contributed by atoms with Crippen LogP contribution < -0.4 is 5.32 Å². The van der Waals surface area contributed by atoms with Crippen LogP contribution in [0.15, 0.2) is 34.2 Å². The van der Waals surface area contributed by atoms with Crippen molar-refractivity contribution in [2.24, 2.45) is 5.92 Å². The predicted molar refractivity (Wildman–Crippen MR) is 98.3 cm³/mol. The highest BCUT2D eigenvalue weighted by atomic mass is 79.9. The molecule has 3 heterocycles. The van der Waals surface area contributed by atoms with Crippen LogP contribution in [0, 0.1) is 12.8 Å². The van der Waals surface area contributed by atoms with Gasteiger partial charge in [-0.1, -0.05) is 6.07 Å². The monoisotopic (exact) mass is 407 g/mol. The maximum Gasteiger partial charge on any atom is 0.263 e. The Morgan fingerprint density at radius 1 is 1.38 bits per heavy atom. The van der Waals surface area contributed by atoms with E-state index in [1.807, 2.05) is 31.2 Å². The van der Waals surface area contributed by atoms with E-state index in [1.165, 1.54) is 11.3 Å². The molecule has 0 radical (unpaired) electrons. The predicted octanol–water partition coefficient (Wildman–Crippen LogP) is 3.70. The minimum absolute atomic E-state index is 0.00258. The number of thiophene rings is 1. The maximum atomic E-state index is 12.6. The van der Waals surface area contributed by atoms with Crippen LogP contribution in [-0.4, -0.2) is 34.8 Å². The molecular weight excluding hydrogens is 390 g/mol. The number of anilines is 1. The molecule has 0 aliphatic carbocycles. The lowest BCUT2D eigenvalue weighted by Gasteiger charge is -2.31. The highest BCUT2D eigenvalue weighted by Gasteiger charge is 2.29. The molecule has 0 bridgehead atoms. The highest BCUT2D eigenvalue weighted by Crippen LogP contribution is 2.26. The Morgan fingerprint density at radius 2 is 2.21 bits per heavy atom. The third kappa shape index (κ3) is 3.84. The molecule has 1 unspecified atom stereocenters. The standard InChI is InChI=1S/C17H18BrN3O2S/c1-11-4-2-8-19-15(11)20-16(22)12-5-3-9-21(10-12)17(23)13-6-7-14(18)24-13/h2,4,6-8,12H,3,5,9-10H2,1H3,(H,19,20,22). The van der Waals surface area contributed by atoms with Gasteiger partial charge >= 0.3 is 0 Å². The second-order valence-electron chi connectivity index (χ2n) is 5.85. The van der Waals surface area contributed by atoms with Crippen LogP contribution in [0.3, 0.4) is 0 Å². The number of carbonyl (C=O) groups is 2. The Hall–Kier alpha value is -1.73. The molecule has 7 heteroatoms. The van der Waals surface area contributed by atoms with E-state index >= 15 is 0 Å². The molecule has 0 aromatic carbocycles. The van der Waals surface area contributed by atoms with Crippen LogP contribution in [0.5, 0.6) is 0 Å². The van der Waals surface area contributed by atoms with Gasteiger partial charge in [0.2, 0.25) is 5.91 Å². The molecule has 1 atom stereocenters. The van der Waals surface area contributed by atoms with Gasteiger partial charge in [-0.2, -0.15) is 0 Å². The summed E-state index contributed by atoms with van der Waals surface area (Å²) in [6, 6.07) is 7.44. The van der Waals surface area contributed by atoms with E-state index in [2.05, 4.69) is 26.2 Å². The second-order valence-corrected chi connectivity index (χ2v) is 8.32. The van der Waals surface area contributed by atoms with E-state index in [0.29, 0.717) is 23.8 Å². The van der Waals surface area contributed by atoms with Crippen molar-refractivity contribution in [2.45, 2.75) is 19.8 Å². The third-order valence-corrected chi connectivity index (χ3v) is 5.73. The molecule has 2 amide bonds. The first-order valence-electron chi connectivity index (χ1n) is 7.81. The average molecular weight is 408 g/mol. The highest BCUT2D eigenvalue weighted by molar-refractivity contribution is 9.11. The van der Waals surface area contributed by atoms with Crippen LogP contribution in [0.25, 0.3) is 0 Å². The molecule has 1 aliphatic heterocycles. The van der Waals surface area contributed by atoms with E-state index in [0.717, 1.165) is 22.2 Å². The summed E-state index contributed by atoms with van der Waals surface area (Å²) >= 11 is 4.80. The van der Waals surface area contributed by atoms with Crippen molar-refractivity contribution in [3.63, 3.8) is 0 Å². The summed E-state index contributed by atoms with van der Waals surface area (Å²) in [6.07, 6.45) is 3.28. The van der Waals surface area contributed by atoms with Crippen LogP contribution in [0.4, 0.5) is 5.82 Å². The Kier molecular flexibility index (Phi) is 5.30. The van der Waals surface area contributed by atoms with Gasteiger partial charge < -0.3 is 10.2 Å². The van der Waals surface area contributed by atoms with Crippen molar-refractivity contribution in [3.05, 3.63) is 44.7 Å². The van der Waals surface area contributed by atoms with Crippen LogP contribution >= 0.6 is 27.3 Å². The average Bonchev–Trinajstić information content (AvgIpc) is 3.03. The summed E-state index contributed by atoms with van der Waals surface area (Å²) in [6.45, 7) is 3.06. The third-order valence-electron chi connectivity index (χ3n) is 4.11. The number of pyridine rings is 1. The lowest BCUT2D eigenvalue weighted by atomic mass is 9.97. The summed E-state index contributed by atoms with van der Waals surface area (Å²) < 4.78 is 0.933. The maximum absolute atomic E-state index is 12.6. The number of hydrogen-bond acceptors (Lipinski definition) is 4. The first-order valence-corrected chi connectivity index (χ1v) is 9.42. The van der Waals surface area contributed by atoms with Gasteiger partial charge in [0.05, 0.1) is 14.6 Å². The molecule has 2 aromatic rings. The molecule has 1 fully saturated rings. The van der Waals surface area contributed by atoms with Crippen molar-refractivity contribution in [1.82, 2.24) is 9.88 Å². The number of halogens is 1. The van der Waals surface area contributed by atoms with Gasteiger partial charge in [-0.25, -0.2) is 4.98 Å². The fraction of sp³-hybridized carbons (Fsp3) is 0.353. The number of carbonyl (C=O) groups excluding carboxylic acids is 2. The number of aromatic nitrogens is 1. The van der Waals surface area contributed by atoms with Gasteiger partial charge in [0.15, 0.2) is 0 Å². The number of amides is 2. The second kappa shape index (κ2) is 7.44. The zero-order chi connectivity index (χ0) is 17.1. The fourth-order valence-electron chi connectivity index (χ4n) is 2.80. The number of piperidine rings is 1. The molecule has 0 saturated carbocycles. The van der Waals surface area contributed by atoms with Crippen LogP contribution in [0.1, 0.15) is 28.1 Å². The van der Waals surface area contributed by atoms with Gasteiger partial charge in [-0.15, -0.1) is 11.3 Å². The first-order chi connectivity index (χ1) is 11.5. The van der Waals surface area contributed by atoms with E-state index in [1.54, 1.807) is 11.1 Å². The van der Waals surface area contributed by atoms with Gasteiger partial charge in [0, 0.05) is 19.3 Å². The Balaban J connectivity index is 1.66. The lowest BCUT2D eigenvalue weighted by Crippen LogP contribution is -2.43. The van der Waals surface area contributed by atoms with Crippen LogP contribution in [0.2, 0.25) is 0 Å². The van der Waals surface area contributed by atoms with E-state index < -0.39 is 0 Å². The minimum Gasteiger partial charge on any atom is -0.337 e. The first kappa shape index (κ1) is 17.1. The Morgan fingerprint density at radius 3 is 2.92 bits per heavy atom.